The first-order valence-corrected chi connectivity index (χ1v) is 8.45. The summed E-state index contributed by atoms with van der Waals surface area (Å²) in [6.07, 6.45) is 0. The van der Waals surface area contributed by atoms with Crippen LogP contribution in [-0.4, -0.2) is 39.5 Å². The Balaban J connectivity index is 2.44. The summed E-state index contributed by atoms with van der Waals surface area (Å²) in [4.78, 5) is 45.4. The second kappa shape index (κ2) is 9.13. The van der Waals surface area contributed by atoms with Crippen LogP contribution >= 0.6 is 11.6 Å². The largest absolute Gasteiger partial charge is 0.461 e. The van der Waals surface area contributed by atoms with Gasteiger partial charge >= 0.3 is 17.3 Å². The molecule has 9 nitrogen and oxygen atoms in total. The maximum atomic E-state index is 12.8. The fourth-order valence-corrected chi connectivity index (χ4v) is 2.45. The third-order valence-corrected chi connectivity index (χ3v) is 3.87. The average molecular weight is 395 g/mol. The van der Waals surface area contributed by atoms with Gasteiger partial charge in [-0.15, -0.1) is 0 Å². The van der Waals surface area contributed by atoms with Gasteiger partial charge in [0.15, 0.2) is 5.71 Å². The predicted octanol–water partition coefficient (Wildman–Crippen LogP) is 0.981. The molecule has 0 atom stereocenters. The monoisotopic (exact) mass is 394 g/mol. The van der Waals surface area contributed by atoms with Crippen LogP contribution in [0.5, 0.6) is 0 Å². The van der Waals surface area contributed by atoms with Gasteiger partial charge < -0.3 is 9.57 Å². The third-order valence-electron chi connectivity index (χ3n) is 3.62. The minimum absolute atomic E-state index is 0.114. The number of nitrogens with zero attached hydrogens (tertiary/aromatic N) is 4. The molecule has 0 N–H and O–H groups in total. The van der Waals surface area contributed by atoms with E-state index in [0.29, 0.717) is 5.02 Å². The van der Waals surface area contributed by atoms with Crippen molar-refractivity contribution in [2.45, 2.75) is 26.9 Å². The van der Waals surface area contributed by atoms with E-state index in [1.54, 1.807) is 38.1 Å². The molecule has 0 amide bonds. The summed E-state index contributed by atoms with van der Waals surface area (Å²) in [6.45, 7) is 3.06. The smallest absolute Gasteiger partial charge is 0.358 e. The molecule has 0 unspecified atom stereocenters. The first kappa shape index (κ1) is 20.4. The summed E-state index contributed by atoms with van der Waals surface area (Å²) >= 11 is 5.87. The molecule has 1 aromatic heterocycles. The number of aryl methyl sites for hydroxylation is 1. The van der Waals surface area contributed by atoms with Crippen LogP contribution in [0, 0.1) is 6.92 Å². The first-order chi connectivity index (χ1) is 12.9. The van der Waals surface area contributed by atoms with Gasteiger partial charge in [-0.25, -0.2) is 19.0 Å². The van der Waals surface area contributed by atoms with E-state index in [2.05, 4.69) is 15.0 Å². The molecule has 27 heavy (non-hydrogen) atoms. The zero-order chi connectivity index (χ0) is 20.0. The van der Waals surface area contributed by atoms with Crippen molar-refractivity contribution < 1.29 is 14.4 Å². The van der Waals surface area contributed by atoms with Gasteiger partial charge in [-0.1, -0.05) is 28.9 Å². The average Bonchev–Trinajstić information content (AvgIpc) is 2.63. The summed E-state index contributed by atoms with van der Waals surface area (Å²) in [5, 5.41) is 4.13. The maximum absolute atomic E-state index is 12.8. The highest BCUT2D eigenvalue weighted by Gasteiger charge is 2.19. The predicted molar refractivity (Wildman–Crippen MR) is 99.1 cm³/mol. The van der Waals surface area contributed by atoms with E-state index in [1.807, 2.05) is 0 Å². The highest BCUT2D eigenvalue weighted by Crippen LogP contribution is 2.10. The summed E-state index contributed by atoms with van der Waals surface area (Å²) in [6, 6.07) is 6.93. The van der Waals surface area contributed by atoms with Crippen molar-refractivity contribution in [1.29, 1.82) is 0 Å². The number of esters is 1. The van der Waals surface area contributed by atoms with Gasteiger partial charge in [0.25, 0.3) is 0 Å². The number of ether oxygens (including phenoxy) is 1. The van der Waals surface area contributed by atoms with E-state index in [0.717, 1.165) is 10.1 Å². The number of carbonyl (C=O) groups excluding carboxylic acids is 1. The summed E-state index contributed by atoms with van der Waals surface area (Å²) < 4.78 is 6.99. The Hall–Kier alpha value is -2.94. The molecule has 0 saturated heterocycles. The lowest BCUT2D eigenvalue weighted by atomic mass is 10.2. The van der Waals surface area contributed by atoms with Crippen molar-refractivity contribution >= 4 is 23.3 Å². The van der Waals surface area contributed by atoms with Crippen LogP contribution in [0.15, 0.2) is 39.0 Å². The number of aromatic nitrogens is 3. The van der Waals surface area contributed by atoms with Gasteiger partial charge in [0, 0.05) is 5.02 Å². The van der Waals surface area contributed by atoms with Crippen LogP contribution in [0.1, 0.15) is 18.3 Å². The maximum Gasteiger partial charge on any atom is 0.358 e. The Morgan fingerprint density at radius 3 is 2.48 bits per heavy atom. The van der Waals surface area contributed by atoms with E-state index in [-0.39, 0.29) is 24.7 Å². The van der Waals surface area contributed by atoms with Crippen LogP contribution in [0.4, 0.5) is 0 Å². The molecule has 1 aromatic carbocycles. The number of benzene rings is 1. The van der Waals surface area contributed by atoms with E-state index in [9.17, 15) is 14.4 Å². The minimum atomic E-state index is -0.794. The number of hydrogen-bond donors (Lipinski definition) is 0. The van der Waals surface area contributed by atoms with Crippen LogP contribution in [-0.2, 0) is 27.5 Å². The molecule has 2 aromatic rings. The molecule has 2 rings (SSSR count). The molecule has 0 aliphatic heterocycles. The summed E-state index contributed by atoms with van der Waals surface area (Å²) in [7, 11) is 1.24. The molecule has 0 aliphatic carbocycles. The minimum Gasteiger partial charge on any atom is -0.461 e. The number of carbonyl (C=O) groups is 1. The van der Waals surface area contributed by atoms with Crippen molar-refractivity contribution in [2.24, 2.45) is 5.16 Å². The Bertz CT molecular complexity index is 963. The van der Waals surface area contributed by atoms with Crippen molar-refractivity contribution in [3.8, 4) is 0 Å². The lowest BCUT2D eigenvalue weighted by Gasteiger charge is -2.13. The Morgan fingerprint density at radius 1 is 1.22 bits per heavy atom. The molecular formula is C17H19ClN4O5. The zero-order valence-corrected chi connectivity index (χ0v) is 15.9. The highest BCUT2D eigenvalue weighted by atomic mass is 35.5. The lowest BCUT2D eigenvalue weighted by molar-refractivity contribution is -0.135. The normalized spacial score (nSPS) is 11.3. The van der Waals surface area contributed by atoms with Crippen molar-refractivity contribution in [3.63, 3.8) is 0 Å². The molecule has 144 valence electrons. The zero-order valence-electron chi connectivity index (χ0n) is 15.1. The molecule has 0 spiro atoms. The highest BCUT2D eigenvalue weighted by molar-refractivity contribution is 6.36. The fourth-order valence-electron chi connectivity index (χ4n) is 2.32. The molecule has 0 aliphatic rings. The third kappa shape index (κ3) is 5.04. The van der Waals surface area contributed by atoms with Crippen LogP contribution < -0.4 is 11.4 Å². The van der Waals surface area contributed by atoms with Crippen LogP contribution in [0.3, 0.4) is 0 Å². The standard InChI is InChI=1S/C17H19ClN4O5/c1-4-27-15(23)14(20-26-3)10-22-16(24)19-11(2)21(17(22)25)9-12-5-7-13(18)8-6-12/h5-8H,4,9-10H2,1-3H3/b20-14+. The Morgan fingerprint density at radius 2 is 1.89 bits per heavy atom. The summed E-state index contributed by atoms with van der Waals surface area (Å²) in [5.41, 5.74) is -0.844. The molecular weight excluding hydrogens is 376 g/mol. The van der Waals surface area contributed by atoms with Gasteiger partial charge in [0.1, 0.15) is 12.9 Å². The van der Waals surface area contributed by atoms with E-state index in [1.165, 1.54) is 11.7 Å². The van der Waals surface area contributed by atoms with E-state index in [4.69, 9.17) is 16.3 Å². The molecule has 10 heteroatoms. The van der Waals surface area contributed by atoms with Crippen LogP contribution in [0.25, 0.3) is 0 Å². The quantitative estimate of drug-likeness (QED) is 0.394. The van der Waals surface area contributed by atoms with Gasteiger partial charge in [-0.2, -0.15) is 4.98 Å². The van der Waals surface area contributed by atoms with Crippen molar-refractivity contribution in [2.75, 3.05) is 13.7 Å². The fraction of sp³-hybridized carbons (Fsp3) is 0.353. The van der Waals surface area contributed by atoms with Crippen LogP contribution in [0.2, 0.25) is 5.02 Å². The van der Waals surface area contributed by atoms with Crippen molar-refractivity contribution in [3.05, 3.63) is 61.6 Å². The van der Waals surface area contributed by atoms with Gasteiger partial charge in [-0.05, 0) is 31.5 Å². The van der Waals surface area contributed by atoms with Gasteiger partial charge in [0.05, 0.1) is 19.7 Å². The molecule has 1 heterocycles. The molecule has 0 bridgehead atoms. The SMILES string of the molecule is CCOC(=O)/C(Cn1c(=O)nc(C)n(Cc2ccc(Cl)cc2)c1=O)=N/OC. The second-order valence-corrected chi connectivity index (χ2v) is 5.90. The number of halogens is 1. The number of hydrogen-bond acceptors (Lipinski definition) is 7. The van der Waals surface area contributed by atoms with Gasteiger partial charge in [-0.3, -0.25) is 4.57 Å². The molecule has 0 saturated carbocycles. The van der Waals surface area contributed by atoms with E-state index < -0.39 is 23.9 Å². The lowest BCUT2D eigenvalue weighted by Crippen LogP contribution is -2.45. The van der Waals surface area contributed by atoms with Crippen molar-refractivity contribution in [1.82, 2.24) is 14.1 Å². The molecule has 0 radical (unpaired) electrons. The number of oxime groups is 1. The first-order valence-electron chi connectivity index (χ1n) is 8.07. The topological polar surface area (TPSA) is 105 Å². The van der Waals surface area contributed by atoms with E-state index >= 15 is 0 Å². The molecule has 0 fully saturated rings. The van der Waals surface area contributed by atoms with Gasteiger partial charge in [0.2, 0.25) is 0 Å². The Labute approximate surface area is 159 Å². The summed E-state index contributed by atoms with van der Waals surface area (Å²) in [5.74, 6) is -0.534. The second-order valence-electron chi connectivity index (χ2n) is 5.46. The Kier molecular flexibility index (Phi) is 6.89. The number of rotatable bonds is 7.